The van der Waals surface area contributed by atoms with E-state index in [4.69, 9.17) is 4.42 Å². The fourth-order valence-corrected chi connectivity index (χ4v) is 4.16. The maximum absolute atomic E-state index is 12.5. The van der Waals surface area contributed by atoms with Crippen molar-refractivity contribution in [1.82, 2.24) is 25.0 Å². The monoisotopic (exact) mass is 433 g/mol. The molecule has 1 aromatic carbocycles. The van der Waals surface area contributed by atoms with Gasteiger partial charge in [0, 0.05) is 39.0 Å². The molecule has 1 unspecified atom stereocenters. The number of nitrogens with zero attached hydrogens (tertiary/aromatic N) is 4. The number of rotatable bonds is 8. The van der Waals surface area contributed by atoms with Crippen LogP contribution in [0.5, 0.6) is 0 Å². The van der Waals surface area contributed by atoms with Gasteiger partial charge in [0.05, 0.1) is 12.3 Å². The van der Waals surface area contributed by atoms with Gasteiger partial charge in [-0.25, -0.2) is 0 Å². The Kier molecular flexibility index (Phi) is 7.17. The predicted octanol–water partition coefficient (Wildman–Crippen LogP) is 3.64. The first-order valence-corrected chi connectivity index (χ1v) is 11.3. The number of hydrogen-bond acceptors (Lipinski definition) is 5. The lowest BCUT2D eigenvalue weighted by molar-refractivity contribution is -0.121. The molecule has 168 valence electrons. The number of aryl methyl sites for hydroxylation is 1. The molecule has 1 aliphatic heterocycles. The summed E-state index contributed by atoms with van der Waals surface area (Å²) in [5.74, 6) is 2.74. The summed E-state index contributed by atoms with van der Waals surface area (Å²) in [6.07, 6.45) is 5.82. The number of fused-ring (bicyclic) bond motifs is 1. The minimum atomic E-state index is -0.174. The first-order valence-electron chi connectivity index (χ1n) is 11.3. The number of nitrogens with one attached hydrogen (secondary N) is 1. The lowest BCUT2D eigenvalue weighted by atomic mass is 10.1. The van der Waals surface area contributed by atoms with Crippen molar-refractivity contribution in [2.45, 2.75) is 45.7 Å². The zero-order valence-electron chi connectivity index (χ0n) is 18.8. The summed E-state index contributed by atoms with van der Waals surface area (Å²) in [6, 6.07) is 13.8. The summed E-state index contributed by atoms with van der Waals surface area (Å²) in [6.45, 7) is 7.66. The average Bonchev–Trinajstić information content (AvgIpc) is 3.40. The zero-order valence-corrected chi connectivity index (χ0v) is 18.8. The zero-order chi connectivity index (χ0) is 22.3. The van der Waals surface area contributed by atoms with E-state index in [9.17, 15) is 4.79 Å². The molecule has 1 aliphatic rings. The lowest BCUT2D eigenvalue weighted by Crippen LogP contribution is -2.31. The van der Waals surface area contributed by atoms with Gasteiger partial charge in [0.1, 0.15) is 11.6 Å². The third-order valence-corrected chi connectivity index (χ3v) is 5.80. The van der Waals surface area contributed by atoms with Gasteiger partial charge in [-0.05, 0) is 44.0 Å². The van der Waals surface area contributed by atoms with Gasteiger partial charge in [-0.1, -0.05) is 35.9 Å². The number of hydrogen-bond donors (Lipinski definition) is 1. The standard InChI is InChI=1S/C25H31N5O2/c1-19(17-22-9-6-16-32-22)18-29-13-12-23-27-28-25(30(23)15-14-29)20(2)26-24(31)11-10-21-7-4-3-5-8-21/h3-9,16-17,20H,10-15,18H2,1-2H3,(H,26,31)/b19-17+. The SMILES string of the molecule is C/C(=C\c1ccco1)CN1CCc2nnc(C(C)NC(=O)CCc3ccccc3)n2CC1. The molecule has 0 saturated heterocycles. The third-order valence-electron chi connectivity index (χ3n) is 5.80. The van der Waals surface area contributed by atoms with Gasteiger partial charge in [0.25, 0.3) is 0 Å². The van der Waals surface area contributed by atoms with Crippen LogP contribution in [0.1, 0.15) is 49.3 Å². The maximum Gasteiger partial charge on any atom is 0.220 e. The third kappa shape index (κ3) is 5.73. The van der Waals surface area contributed by atoms with E-state index in [1.54, 1.807) is 6.26 Å². The van der Waals surface area contributed by atoms with Crippen molar-refractivity contribution in [3.8, 4) is 0 Å². The molecule has 2 aromatic heterocycles. The summed E-state index contributed by atoms with van der Waals surface area (Å²) in [4.78, 5) is 14.9. The second-order valence-corrected chi connectivity index (χ2v) is 8.43. The van der Waals surface area contributed by atoms with Crippen LogP contribution in [0.15, 0.2) is 58.7 Å². The fourth-order valence-electron chi connectivity index (χ4n) is 4.16. The Morgan fingerprint density at radius 2 is 2.00 bits per heavy atom. The van der Waals surface area contributed by atoms with Crippen LogP contribution in [0, 0.1) is 0 Å². The van der Waals surface area contributed by atoms with Gasteiger partial charge in [-0.15, -0.1) is 10.2 Å². The van der Waals surface area contributed by atoms with E-state index in [1.165, 1.54) is 11.1 Å². The Morgan fingerprint density at radius 1 is 1.16 bits per heavy atom. The van der Waals surface area contributed by atoms with E-state index in [2.05, 4.69) is 38.0 Å². The second-order valence-electron chi connectivity index (χ2n) is 8.43. The molecule has 7 heteroatoms. The quantitative estimate of drug-likeness (QED) is 0.587. The van der Waals surface area contributed by atoms with E-state index in [0.29, 0.717) is 6.42 Å². The summed E-state index contributed by atoms with van der Waals surface area (Å²) in [7, 11) is 0. The van der Waals surface area contributed by atoms with E-state index in [0.717, 1.165) is 56.4 Å². The van der Waals surface area contributed by atoms with Gasteiger partial charge < -0.3 is 14.3 Å². The molecule has 3 heterocycles. The summed E-state index contributed by atoms with van der Waals surface area (Å²) in [5, 5.41) is 11.9. The van der Waals surface area contributed by atoms with Crippen LogP contribution >= 0.6 is 0 Å². The van der Waals surface area contributed by atoms with Crippen LogP contribution in [-0.2, 0) is 24.2 Å². The van der Waals surface area contributed by atoms with Crippen LogP contribution in [0.25, 0.3) is 6.08 Å². The van der Waals surface area contributed by atoms with Crippen molar-refractivity contribution in [2.75, 3.05) is 19.6 Å². The predicted molar refractivity (Wildman–Crippen MR) is 124 cm³/mol. The molecular weight excluding hydrogens is 402 g/mol. The Bertz CT molecular complexity index is 1040. The van der Waals surface area contributed by atoms with Crippen molar-refractivity contribution in [3.05, 3.63) is 77.3 Å². The van der Waals surface area contributed by atoms with Gasteiger partial charge in [0.2, 0.25) is 5.91 Å². The molecule has 1 atom stereocenters. The van der Waals surface area contributed by atoms with Crippen LogP contribution in [-0.4, -0.2) is 45.2 Å². The number of carbonyl (C=O) groups excluding carboxylic acids is 1. The first-order chi connectivity index (χ1) is 15.6. The minimum Gasteiger partial charge on any atom is -0.465 e. The molecule has 32 heavy (non-hydrogen) atoms. The molecule has 4 rings (SSSR count). The van der Waals surface area contributed by atoms with Crippen LogP contribution in [0.4, 0.5) is 0 Å². The number of aromatic nitrogens is 3. The molecule has 0 aliphatic carbocycles. The van der Waals surface area contributed by atoms with Crippen LogP contribution in [0.2, 0.25) is 0 Å². The second kappa shape index (κ2) is 10.4. The molecule has 1 amide bonds. The molecular formula is C25H31N5O2. The minimum absolute atomic E-state index is 0.0349. The van der Waals surface area contributed by atoms with E-state index >= 15 is 0 Å². The van der Waals surface area contributed by atoms with E-state index < -0.39 is 0 Å². The number of carbonyl (C=O) groups is 1. The first kappa shape index (κ1) is 22.0. The Morgan fingerprint density at radius 3 is 2.78 bits per heavy atom. The number of benzene rings is 1. The van der Waals surface area contributed by atoms with Crippen molar-refractivity contribution in [3.63, 3.8) is 0 Å². The highest BCUT2D eigenvalue weighted by atomic mass is 16.3. The van der Waals surface area contributed by atoms with Gasteiger partial charge >= 0.3 is 0 Å². The Hall–Kier alpha value is -3.19. The number of furan rings is 1. The summed E-state index contributed by atoms with van der Waals surface area (Å²) < 4.78 is 7.59. The molecule has 1 N–H and O–H groups in total. The summed E-state index contributed by atoms with van der Waals surface area (Å²) >= 11 is 0. The fraction of sp³-hybridized carbons (Fsp3) is 0.400. The van der Waals surface area contributed by atoms with Gasteiger partial charge in [0.15, 0.2) is 5.82 Å². The van der Waals surface area contributed by atoms with Crippen molar-refractivity contribution < 1.29 is 9.21 Å². The number of amides is 1. The summed E-state index contributed by atoms with van der Waals surface area (Å²) in [5.41, 5.74) is 2.43. The van der Waals surface area contributed by atoms with Crippen LogP contribution in [0.3, 0.4) is 0 Å². The smallest absolute Gasteiger partial charge is 0.220 e. The van der Waals surface area contributed by atoms with Gasteiger partial charge in [-0.3, -0.25) is 9.69 Å². The Labute approximate surface area is 189 Å². The molecule has 0 radical (unpaired) electrons. The highest BCUT2D eigenvalue weighted by molar-refractivity contribution is 5.76. The largest absolute Gasteiger partial charge is 0.465 e. The highest BCUT2D eigenvalue weighted by Gasteiger charge is 2.22. The topological polar surface area (TPSA) is 76.2 Å². The van der Waals surface area contributed by atoms with Crippen LogP contribution < -0.4 is 5.32 Å². The molecule has 0 saturated carbocycles. The molecule has 0 spiro atoms. The normalized spacial score (nSPS) is 15.8. The average molecular weight is 434 g/mol. The van der Waals surface area contributed by atoms with E-state index in [-0.39, 0.29) is 11.9 Å². The van der Waals surface area contributed by atoms with Crippen molar-refractivity contribution >= 4 is 12.0 Å². The molecule has 7 nitrogen and oxygen atoms in total. The molecule has 0 bridgehead atoms. The highest BCUT2D eigenvalue weighted by Crippen LogP contribution is 2.17. The van der Waals surface area contributed by atoms with E-state index in [1.807, 2.05) is 49.4 Å². The molecule has 0 fully saturated rings. The molecule has 3 aromatic rings. The van der Waals surface area contributed by atoms with Crippen molar-refractivity contribution in [1.29, 1.82) is 0 Å². The maximum atomic E-state index is 12.5. The van der Waals surface area contributed by atoms with Crippen molar-refractivity contribution in [2.24, 2.45) is 0 Å². The Balaban J connectivity index is 1.31. The lowest BCUT2D eigenvalue weighted by Gasteiger charge is -2.20. The van der Waals surface area contributed by atoms with Gasteiger partial charge in [-0.2, -0.15) is 0 Å².